The van der Waals surface area contributed by atoms with Crippen LogP contribution in [0.4, 0.5) is 5.69 Å². The Morgan fingerprint density at radius 2 is 1.71 bits per heavy atom. The quantitative estimate of drug-likeness (QED) is 0.487. The van der Waals surface area contributed by atoms with Crippen LogP contribution in [0.1, 0.15) is 5.56 Å². The van der Waals surface area contributed by atoms with E-state index in [2.05, 4.69) is 0 Å². The van der Waals surface area contributed by atoms with E-state index in [1.165, 1.54) is 30.3 Å². The molecule has 0 bridgehead atoms. The van der Waals surface area contributed by atoms with Crippen LogP contribution in [0.2, 0.25) is 15.1 Å². The summed E-state index contributed by atoms with van der Waals surface area (Å²) in [6.45, 7) is -0.311. The molecule has 21 heavy (non-hydrogen) atoms. The van der Waals surface area contributed by atoms with Gasteiger partial charge in [-0.2, -0.15) is 0 Å². The van der Waals surface area contributed by atoms with Crippen LogP contribution in [0.3, 0.4) is 0 Å². The summed E-state index contributed by atoms with van der Waals surface area (Å²) in [7, 11) is 0. The van der Waals surface area contributed by atoms with Gasteiger partial charge in [0, 0.05) is 12.1 Å². The summed E-state index contributed by atoms with van der Waals surface area (Å²) >= 11 is 17.6. The first-order chi connectivity index (χ1) is 9.92. The summed E-state index contributed by atoms with van der Waals surface area (Å²) in [6.07, 6.45) is 0. The highest BCUT2D eigenvalue weighted by atomic mass is 35.5. The van der Waals surface area contributed by atoms with Gasteiger partial charge >= 0.3 is 5.69 Å². The third kappa shape index (κ3) is 3.57. The van der Waals surface area contributed by atoms with Gasteiger partial charge in [0.25, 0.3) is 0 Å². The Bertz CT molecular complexity index is 706. The number of nitrogens with zero attached hydrogens (tertiary/aromatic N) is 1. The van der Waals surface area contributed by atoms with Crippen molar-refractivity contribution in [2.45, 2.75) is 6.61 Å². The lowest BCUT2D eigenvalue weighted by Crippen LogP contribution is -1.96. The fourth-order valence-corrected chi connectivity index (χ4v) is 2.17. The van der Waals surface area contributed by atoms with Crippen molar-refractivity contribution in [1.29, 1.82) is 0 Å². The number of ether oxygens (including phenoxy) is 1. The molecular formula is C13H8Cl3NO4. The Morgan fingerprint density at radius 1 is 1.05 bits per heavy atom. The summed E-state index contributed by atoms with van der Waals surface area (Å²) in [6, 6.07) is 6.86. The van der Waals surface area contributed by atoms with Gasteiger partial charge in [-0.25, -0.2) is 0 Å². The Morgan fingerprint density at radius 3 is 2.33 bits per heavy atom. The summed E-state index contributed by atoms with van der Waals surface area (Å²) in [5.74, 6) is 0.128. The number of aliphatic hydroxyl groups is 1. The number of nitro groups is 1. The molecule has 0 aromatic heterocycles. The van der Waals surface area contributed by atoms with Crippen LogP contribution in [0.5, 0.6) is 11.5 Å². The van der Waals surface area contributed by atoms with Gasteiger partial charge in [0.2, 0.25) is 5.75 Å². The molecule has 2 aromatic rings. The van der Waals surface area contributed by atoms with Crippen LogP contribution in [-0.2, 0) is 6.61 Å². The van der Waals surface area contributed by atoms with E-state index in [-0.39, 0.29) is 38.9 Å². The van der Waals surface area contributed by atoms with Gasteiger partial charge < -0.3 is 9.84 Å². The van der Waals surface area contributed by atoms with Crippen molar-refractivity contribution in [2.75, 3.05) is 0 Å². The molecule has 2 rings (SSSR count). The van der Waals surface area contributed by atoms with Gasteiger partial charge in [-0.05, 0) is 17.7 Å². The molecule has 1 N–H and O–H groups in total. The first kappa shape index (κ1) is 15.9. The molecule has 0 saturated carbocycles. The molecule has 2 aromatic carbocycles. The molecule has 0 spiro atoms. The Balaban J connectivity index is 2.44. The fourth-order valence-electron chi connectivity index (χ4n) is 1.59. The minimum atomic E-state index is -0.611. The van der Waals surface area contributed by atoms with Crippen LogP contribution in [0.15, 0.2) is 30.3 Å². The average molecular weight is 349 g/mol. The monoisotopic (exact) mass is 347 g/mol. The van der Waals surface area contributed by atoms with Gasteiger partial charge in [0.15, 0.2) is 0 Å². The van der Waals surface area contributed by atoms with Crippen LogP contribution in [0, 0.1) is 10.1 Å². The molecule has 0 heterocycles. The van der Waals surface area contributed by atoms with Crippen LogP contribution < -0.4 is 4.74 Å². The zero-order valence-corrected chi connectivity index (χ0v) is 12.6. The smallest absolute Gasteiger partial charge is 0.311 e. The Hall–Kier alpha value is -1.53. The fraction of sp³-hybridized carbons (Fsp3) is 0.0769. The summed E-state index contributed by atoms with van der Waals surface area (Å²) in [5.41, 5.74) is 0.109. The normalized spacial score (nSPS) is 10.5. The first-order valence-corrected chi connectivity index (χ1v) is 6.76. The number of nitro benzene ring substituents is 1. The molecule has 0 saturated heterocycles. The molecule has 0 aliphatic heterocycles. The van der Waals surface area contributed by atoms with Crippen LogP contribution >= 0.6 is 34.8 Å². The van der Waals surface area contributed by atoms with Crippen LogP contribution in [0.25, 0.3) is 0 Å². The van der Waals surface area contributed by atoms with E-state index in [0.29, 0.717) is 5.56 Å². The number of aliphatic hydroxyl groups excluding tert-OH is 1. The van der Waals surface area contributed by atoms with E-state index >= 15 is 0 Å². The van der Waals surface area contributed by atoms with Gasteiger partial charge in [-0.1, -0.05) is 40.9 Å². The molecule has 0 radical (unpaired) electrons. The molecule has 0 aliphatic rings. The predicted octanol–water partition coefficient (Wildman–Crippen LogP) is 4.84. The van der Waals surface area contributed by atoms with Crippen LogP contribution in [-0.4, -0.2) is 10.0 Å². The minimum absolute atomic E-state index is 0.0162. The zero-order valence-electron chi connectivity index (χ0n) is 10.3. The van der Waals surface area contributed by atoms with E-state index in [1.54, 1.807) is 0 Å². The number of hydrogen-bond donors (Lipinski definition) is 1. The van der Waals surface area contributed by atoms with Gasteiger partial charge in [-0.3, -0.25) is 10.1 Å². The molecule has 0 aliphatic carbocycles. The van der Waals surface area contributed by atoms with Crippen molar-refractivity contribution in [3.63, 3.8) is 0 Å². The standard InChI is InChI=1S/C13H8Cl3NO4/c14-8-4-10(16)13(5-9(8)15)21-12-2-1-7(6-18)3-11(12)17(19)20/h1-5,18H,6H2. The topological polar surface area (TPSA) is 72.6 Å². The third-order valence-corrected chi connectivity index (χ3v) is 3.61. The van der Waals surface area contributed by atoms with E-state index in [0.717, 1.165) is 0 Å². The first-order valence-electron chi connectivity index (χ1n) is 5.63. The predicted molar refractivity (Wildman–Crippen MR) is 80.6 cm³/mol. The highest BCUT2D eigenvalue weighted by Crippen LogP contribution is 2.39. The van der Waals surface area contributed by atoms with E-state index in [1.807, 2.05) is 0 Å². The SMILES string of the molecule is O=[N+]([O-])c1cc(CO)ccc1Oc1cc(Cl)c(Cl)cc1Cl. The lowest BCUT2D eigenvalue weighted by molar-refractivity contribution is -0.385. The molecule has 110 valence electrons. The number of halogens is 3. The summed E-state index contributed by atoms with van der Waals surface area (Å²) in [5, 5.41) is 20.7. The van der Waals surface area contributed by atoms with Gasteiger partial charge in [0.1, 0.15) is 5.75 Å². The van der Waals surface area contributed by atoms with Gasteiger partial charge in [0.05, 0.1) is 26.6 Å². The van der Waals surface area contributed by atoms with E-state index in [4.69, 9.17) is 44.6 Å². The lowest BCUT2D eigenvalue weighted by Gasteiger charge is -2.10. The Labute approximate surface area is 134 Å². The van der Waals surface area contributed by atoms with Crippen molar-refractivity contribution in [3.05, 3.63) is 61.1 Å². The largest absolute Gasteiger partial charge is 0.449 e. The molecule has 0 amide bonds. The Kier molecular flexibility index (Phi) is 4.90. The van der Waals surface area contributed by atoms with Crippen molar-refractivity contribution < 1.29 is 14.8 Å². The molecular weight excluding hydrogens is 341 g/mol. The second-order valence-electron chi connectivity index (χ2n) is 4.02. The highest BCUT2D eigenvalue weighted by Gasteiger charge is 2.18. The molecule has 5 nitrogen and oxygen atoms in total. The molecule has 0 atom stereocenters. The van der Waals surface area contributed by atoms with Crippen molar-refractivity contribution in [2.24, 2.45) is 0 Å². The number of hydrogen-bond acceptors (Lipinski definition) is 4. The number of benzene rings is 2. The molecule has 0 unspecified atom stereocenters. The maximum atomic E-state index is 11.0. The zero-order chi connectivity index (χ0) is 15.6. The second-order valence-corrected chi connectivity index (χ2v) is 5.24. The van der Waals surface area contributed by atoms with E-state index in [9.17, 15) is 10.1 Å². The lowest BCUT2D eigenvalue weighted by atomic mass is 10.2. The van der Waals surface area contributed by atoms with E-state index < -0.39 is 4.92 Å². The average Bonchev–Trinajstić information content (AvgIpc) is 2.44. The molecule has 8 heteroatoms. The van der Waals surface area contributed by atoms with Gasteiger partial charge in [-0.15, -0.1) is 0 Å². The third-order valence-electron chi connectivity index (χ3n) is 2.60. The second kappa shape index (κ2) is 6.49. The van der Waals surface area contributed by atoms with Crippen molar-refractivity contribution in [1.82, 2.24) is 0 Å². The van der Waals surface area contributed by atoms with Crippen molar-refractivity contribution >= 4 is 40.5 Å². The van der Waals surface area contributed by atoms with Crippen molar-refractivity contribution in [3.8, 4) is 11.5 Å². The minimum Gasteiger partial charge on any atom is -0.449 e. The maximum Gasteiger partial charge on any atom is 0.311 e. The highest BCUT2D eigenvalue weighted by molar-refractivity contribution is 6.43. The molecule has 0 fully saturated rings. The number of rotatable bonds is 4. The summed E-state index contributed by atoms with van der Waals surface area (Å²) in [4.78, 5) is 10.4. The summed E-state index contributed by atoms with van der Waals surface area (Å²) < 4.78 is 5.44. The maximum absolute atomic E-state index is 11.0.